The number of thiophene rings is 1. The van der Waals surface area contributed by atoms with Crippen LogP contribution in [0.4, 0.5) is 0 Å². The number of hydrogen-bond acceptors (Lipinski definition) is 5. The van der Waals surface area contributed by atoms with Gasteiger partial charge in [-0.1, -0.05) is 54.2 Å². The van der Waals surface area contributed by atoms with Gasteiger partial charge in [0.25, 0.3) is 0 Å². The molecule has 0 spiro atoms. The van der Waals surface area contributed by atoms with E-state index in [4.69, 9.17) is 0 Å². The van der Waals surface area contributed by atoms with E-state index in [-0.39, 0.29) is 11.9 Å². The zero-order valence-corrected chi connectivity index (χ0v) is 17.7. The predicted octanol–water partition coefficient (Wildman–Crippen LogP) is 5.43. The molecular formula is C22H21N3OS2. The van der Waals surface area contributed by atoms with Crippen LogP contribution >= 0.6 is 23.1 Å². The van der Waals surface area contributed by atoms with Crippen LogP contribution in [0.1, 0.15) is 29.0 Å². The van der Waals surface area contributed by atoms with Gasteiger partial charge in [0.15, 0.2) is 0 Å². The molecule has 0 saturated heterocycles. The quantitative estimate of drug-likeness (QED) is 0.354. The van der Waals surface area contributed by atoms with Gasteiger partial charge in [-0.05, 0) is 42.7 Å². The zero-order chi connectivity index (χ0) is 19.7. The molecule has 4 rings (SSSR count). The molecule has 0 unspecified atom stereocenters. The third-order valence-corrected chi connectivity index (χ3v) is 7.04. The highest BCUT2D eigenvalue weighted by molar-refractivity contribution is 8.00. The minimum atomic E-state index is -0.0604. The van der Waals surface area contributed by atoms with E-state index in [0.717, 1.165) is 20.8 Å². The molecule has 0 radical (unpaired) electrons. The van der Waals surface area contributed by atoms with E-state index in [9.17, 15) is 4.79 Å². The Hall–Kier alpha value is -2.44. The second-order valence-electron chi connectivity index (χ2n) is 6.79. The van der Waals surface area contributed by atoms with Crippen LogP contribution in [0.2, 0.25) is 0 Å². The molecule has 142 valence electrons. The van der Waals surface area contributed by atoms with E-state index >= 15 is 0 Å². The molecular weight excluding hydrogens is 386 g/mol. The van der Waals surface area contributed by atoms with Crippen molar-refractivity contribution < 1.29 is 4.79 Å². The SMILES string of the molecule is Cc1sc2ncnc(SCC(=O)N[C@@H](C)c3cccc4ccccc34)c2c1C. The van der Waals surface area contributed by atoms with E-state index in [2.05, 4.69) is 53.4 Å². The Morgan fingerprint density at radius 2 is 1.93 bits per heavy atom. The Balaban J connectivity index is 1.48. The van der Waals surface area contributed by atoms with Gasteiger partial charge in [0.05, 0.1) is 11.8 Å². The first-order chi connectivity index (χ1) is 13.5. The summed E-state index contributed by atoms with van der Waals surface area (Å²) in [4.78, 5) is 23.6. The first-order valence-electron chi connectivity index (χ1n) is 9.15. The van der Waals surface area contributed by atoms with E-state index in [1.165, 1.54) is 33.0 Å². The topological polar surface area (TPSA) is 54.9 Å². The van der Waals surface area contributed by atoms with Gasteiger partial charge in [-0.25, -0.2) is 9.97 Å². The smallest absolute Gasteiger partial charge is 0.230 e. The number of aromatic nitrogens is 2. The van der Waals surface area contributed by atoms with Gasteiger partial charge in [-0.3, -0.25) is 4.79 Å². The van der Waals surface area contributed by atoms with Crippen molar-refractivity contribution in [3.05, 3.63) is 64.8 Å². The van der Waals surface area contributed by atoms with Crippen LogP contribution in [0.15, 0.2) is 53.8 Å². The van der Waals surface area contributed by atoms with Crippen molar-refractivity contribution in [2.24, 2.45) is 0 Å². The van der Waals surface area contributed by atoms with Gasteiger partial charge in [-0.2, -0.15) is 0 Å². The number of benzene rings is 2. The maximum absolute atomic E-state index is 12.6. The number of nitrogens with one attached hydrogen (secondary N) is 1. The van der Waals surface area contributed by atoms with E-state index in [0.29, 0.717) is 5.75 Å². The summed E-state index contributed by atoms with van der Waals surface area (Å²) in [5, 5.41) is 7.43. The monoisotopic (exact) mass is 407 g/mol. The summed E-state index contributed by atoms with van der Waals surface area (Å²) >= 11 is 3.14. The number of carbonyl (C=O) groups is 1. The highest BCUT2D eigenvalue weighted by Crippen LogP contribution is 2.34. The fraction of sp³-hybridized carbons (Fsp3) is 0.227. The molecule has 28 heavy (non-hydrogen) atoms. The first kappa shape index (κ1) is 18.9. The van der Waals surface area contributed by atoms with Crippen molar-refractivity contribution in [1.29, 1.82) is 0 Å². The molecule has 4 nitrogen and oxygen atoms in total. The number of hydrogen-bond donors (Lipinski definition) is 1. The van der Waals surface area contributed by atoms with Crippen LogP contribution in [-0.2, 0) is 4.79 Å². The highest BCUT2D eigenvalue weighted by Gasteiger charge is 2.16. The van der Waals surface area contributed by atoms with Gasteiger partial charge < -0.3 is 5.32 Å². The third-order valence-electron chi connectivity index (χ3n) is 4.94. The summed E-state index contributed by atoms with van der Waals surface area (Å²) in [6, 6.07) is 14.4. The zero-order valence-electron chi connectivity index (χ0n) is 16.0. The lowest BCUT2D eigenvalue weighted by atomic mass is 10.00. The molecule has 6 heteroatoms. The lowest BCUT2D eigenvalue weighted by Gasteiger charge is -2.16. The summed E-state index contributed by atoms with van der Waals surface area (Å²) in [5.41, 5.74) is 2.33. The number of thioether (sulfide) groups is 1. The average molecular weight is 408 g/mol. The molecule has 2 heterocycles. The van der Waals surface area contributed by atoms with Crippen molar-refractivity contribution in [2.45, 2.75) is 31.8 Å². The number of fused-ring (bicyclic) bond motifs is 2. The van der Waals surface area contributed by atoms with Gasteiger partial charge in [0, 0.05) is 10.3 Å². The van der Waals surface area contributed by atoms with Crippen LogP contribution in [0.3, 0.4) is 0 Å². The normalized spacial score (nSPS) is 12.4. The molecule has 0 fully saturated rings. The second kappa shape index (κ2) is 7.89. The molecule has 2 aromatic heterocycles. The van der Waals surface area contributed by atoms with Crippen molar-refractivity contribution in [1.82, 2.24) is 15.3 Å². The van der Waals surface area contributed by atoms with Crippen molar-refractivity contribution in [3.8, 4) is 0 Å². The molecule has 0 bridgehead atoms. The van der Waals surface area contributed by atoms with Crippen LogP contribution < -0.4 is 5.32 Å². The molecule has 0 aliphatic heterocycles. The van der Waals surface area contributed by atoms with Crippen LogP contribution in [0.25, 0.3) is 21.0 Å². The van der Waals surface area contributed by atoms with E-state index in [1.54, 1.807) is 17.7 Å². The van der Waals surface area contributed by atoms with Gasteiger partial charge in [-0.15, -0.1) is 11.3 Å². The Morgan fingerprint density at radius 1 is 1.14 bits per heavy atom. The lowest BCUT2D eigenvalue weighted by molar-refractivity contribution is -0.119. The van der Waals surface area contributed by atoms with Crippen LogP contribution in [-0.4, -0.2) is 21.6 Å². The molecule has 1 atom stereocenters. The molecule has 2 aromatic carbocycles. The minimum Gasteiger partial charge on any atom is -0.349 e. The summed E-state index contributed by atoms with van der Waals surface area (Å²) in [7, 11) is 0. The molecule has 4 aromatic rings. The Morgan fingerprint density at radius 3 is 2.79 bits per heavy atom. The lowest BCUT2D eigenvalue weighted by Crippen LogP contribution is -2.28. The molecule has 1 amide bonds. The number of amides is 1. The number of carbonyl (C=O) groups excluding carboxylic acids is 1. The van der Waals surface area contributed by atoms with Crippen molar-refractivity contribution >= 4 is 50.0 Å². The minimum absolute atomic E-state index is 0.00167. The maximum Gasteiger partial charge on any atom is 0.230 e. The van der Waals surface area contributed by atoms with Crippen LogP contribution in [0.5, 0.6) is 0 Å². The fourth-order valence-corrected chi connectivity index (χ4v) is 5.31. The summed E-state index contributed by atoms with van der Waals surface area (Å²) in [5.74, 6) is 0.331. The second-order valence-corrected chi connectivity index (χ2v) is 8.96. The predicted molar refractivity (Wildman–Crippen MR) is 118 cm³/mol. The number of nitrogens with zero attached hydrogens (tertiary/aromatic N) is 2. The summed E-state index contributed by atoms with van der Waals surface area (Å²) in [6.07, 6.45) is 1.58. The van der Waals surface area contributed by atoms with Crippen molar-refractivity contribution in [3.63, 3.8) is 0 Å². The fourth-order valence-electron chi connectivity index (χ4n) is 3.38. The van der Waals surface area contributed by atoms with Crippen LogP contribution in [0, 0.1) is 13.8 Å². The average Bonchev–Trinajstić information content (AvgIpc) is 3.00. The maximum atomic E-state index is 12.6. The van der Waals surface area contributed by atoms with E-state index in [1.807, 2.05) is 25.1 Å². The van der Waals surface area contributed by atoms with Crippen molar-refractivity contribution in [2.75, 3.05) is 5.75 Å². The number of rotatable bonds is 5. The standard InChI is InChI=1S/C22H21N3OS2/c1-13-15(3)28-22-20(13)21(23-12-24-22)27-11-19(26)25-14(2)17-10-6-8-16-7-4-5-9-18(16)17/h4-10,12,14H,11H2,1-3H3,(H,25,26)/t14-/m0/s1. The van der Waals surface area contributed by atoms with Gasteiger partial charge in [0.2, 0.25) is 5.91 Å². The third kappa shape index (κ3) is 3.62. The molecule has 0 saturated carbocycles. The summed E-state index contributed by atoms with van der Waals surface area (Å²) < 4.78 is 0. The first-order valence-corrected chi connectivity index (χ1v) is 11.0. The van der Waals surface area contributed by atoms with Gasteiger partial charge in [0.1, 0.15) is 16.2 Å². The summed E-state index contributed by atoms with van der Waals surface area (Å²) in [6.45, 7) is 6.21. The van der Waals surface area contributed by atoms with E-state index < -0.39 is 0 Å². The highest BCUT2D eigenvalue weighted by atomic mass is 32.2. The number of aryl methyl sites for hydroxylation is 2. The Bertz CT molecular complexity index is 1160. The van der Waals surface area contributed by atoms with Gasteiger partial charge >= 0.3 is 0 Å². The Labute approximate surface area is 172 Å². The molecule has 1 N–H and O–H groups in total. The Kier molecular flexibility index (Phi) is 5.33. The molecule has 0 aliphatic carbocycles. The molecule has 0 aliphatic rings. The largest absolute Gasteiger partial charge is 0.349 e.